The number of hydrogen-bond acceptors (Lipinski definition) is 3. The zero-order valence-electron chi connectivity index (χ0n) is 10.7. The SMILES string of the molecule is CNC(=O)c1ccccc1NC(=O)CCC(C)N. The van der Waals surface area contributed by atoms with Gasteiger partial charge in [0.05, 0.1) is 11.3 Å². The lowest BCUT2D eigenvalue weighted by Crippen LogP contribution is -2.22. The lowest BCUT2D eigenvalue weighted by atomic mass is 10.1. The normalized spacial score (nSPS) is 11.7. The summed E-state index contributed by atoms with van der Waals surface area (Å²) in [6, 6.07) is 6.88. The first-order chi connectivity index (χ1) is 8.54. The Morgan fingerprint density at radius 2 is 2.00 bits per heavy atom. The predicted molar refractivity (Wildman–Crippen MR) is 71.3 cm³/mol. The van der Waals surface area contributed by atoms with Gasteiger partial charge in [0.2, 0.25) is 5.91 Å². The van der Waals surface area contributed by atoms with E-state index in [-0.39, 0.29) is 17.9 Å². The molecule has 0 fully saturated rings. The van der Waals surface area contributed by atoms with Crippen LogP contribution in [0, 0.1) is 0 Å². The summed E-state index contributed by atoms with van der Waals surface area (Å²) in [4.78, 5) is 23.3. The summed E-state index contributed by atoms with van der Waals surface area (Å²) in [6.45, 7) is 1.85. The van der Waals surface area contributed by atoms with E-state index in [0.29, 0.717) is 24.1 Å². The van der Waals surface area contributed by atoms with E-state index in [1.807, 2.05) is 6.92 Å². The average molecular weight is 249 g/mol. The molecule has 1 atom stereocenters. The fourth-order valence-electron chi connectivity index (χ4n) is 1.50. The average Bonchev–Trinajstić information content (AvgIpc) is 2.36. The van der Waals surface area contributed by atoms with Crippen LogP contribution in [-0.4, -0.2) is 24.9 Å². The second-order valence-electron chi connectivity index (χ2n) is 4.19. The van der Waals surface area contributed by atoms with E-state index in [1.165, 1.54) is 0 Å². The Kier molecular flexibility index (Phi) is 5.32. The summed E-state index contributed by atoms with van der Waals surface area (Å²) in [7, 11) is 1.55. The van der Waals surface area contributed by atoms with Gasteiger partial charge in [-0.05, 0) is 25.5 Å². The summed E-state index contributed by atoms with van der Waals surface area (Å²) in [5.74, 6) is -0.359. The fourth-order valence-corrected chi connectivity index (χ4v) is 1.50. The zero-order chi connectivity index (χ0) is 13.5. The Hall–Kier alpha value is -1.88. The number of carbonyl (C=O) groups excluding carboxylic acids is 2. The smallest absolute Gasteiger partial charge is 0.253 e. The molecular weight excluding hydrogens is 230 g/mol. The third-order valence-corrected chi connectivity index (χ3v) is 2.50. The maximum atomic E-state index is 11.7. The number of hydrogen-bond donors (Lipinski definition) is 3. The quantitative estimate of drug-likeness (QED) is 0.731. The van der Waals surface area contributed by atoms with E-state index >= 15 is 0 Å². The van der Waals surface area contributed by atoms with Crippen LogP contribution in [0.3, 0.4) is 0 Å². The highest BCUT2D eigenvalue weighted by molar-refractivity contribution is 6.03. The molecule has 18 heavy (non-hydrogen) atoms. The van der Waals surface area contributed by atoms with E-state index < -0.39 is 0 Å². The molecule has 1 unspecified atom stereocenters. The molecule has 0 radical (unpaired) electrons. The number of nitrogens with one attached hydrogen (secondary N) is 2. The standard InChI is InChI=1S/C13H19N3O2/c1-9(14)7-8-12(17)16-11-6-4-3-5-10(11)13(18)15-2/h3-6,9H,7-8,14H2,1-2H3,(H,15,18)(H,16,17). The molecule has 0 aliphatic carbocycles. The van der Waals surface area contributed by atoms with Crippen molar-refractivity contribution >= 4 is 17.5 Å². The van der Waals surface area contributed by atoms with Gasteiger partial charge in [0.25, 0.3) is 5.91 Å². The molecule has 0 aliphatic rings. The second kappa shape index (κ2) is 6.76. The van der Waals surface area contributed by atoms with Crippen LogP contribution < -0.4 is 16.4 Å². The molecule has 0 aromatic heterocycles. The Morgan fingerprint density at radius 3 is 2.61 bits per heavy atom. The molecule has 1 aromatic rings. The highest BCUT2D eigenvalue weighted by Gasteiger charge is 2.11. The van der Waals surface area contributed by atoms with Crippen LogP contribution in [0.5, 0.6) is 0 Å². The van der Waals surface area contributed by atoms with Crippen molar-refractivity contribution in [2.24, 2.45) is 5.73 Å². The van der Waals surface area contributed by atoms with E-state index in [2.05, 4.69) is 10.6 Å². The van der Waals surface area contributed by atoms with Crippen LogP contribution in [0.2, 0.25) is 0 Å². The number of para-hydroxylation sites is 1. The lowest BCUT2D eigenvalue weighted by molar-refractivity contribution is -0.116. The Morgan fingerprint density at radius 1 is 1.33 bits per heavy atom. The van der Waals surface area contributed by atoms with Crippen LogP contribution in [0.15, 0.2) is 24.3 Å². The number of carbonyl (C=O) groups is 2. The molecule has 5 heteroatoms. The third-order valence-electron chi connectivity index (χ3n) is 2.50. The monoisotopic (exact) mass is 249 g/mol. The molecule has 4 N–H and O–H groups in total. The molecule has 0 bridgehead atoms. The van der Waals surface area contributed by atoms with Gasteiger partial charge in [-0.2, -0.15) is 0 Å². The summed E-state index contributed by atoms with van der Waals surface area (Å²) in [5, 5.41) is 5.26. The number of rotatable bonds is 5. The Labute approximate surface area is 107 Å². The van der Waals surface area contributed by atoms with Crippen molar-refractivity contribution in [3.05, 3.63) is 29.8 Å². The first kappa shape index (κ1) is 14.2. The van der Waals surface area contributed by atoms with Crippen LogP contribution >= 0.6 is 0 Å². The largest absolute Gasteiger partial charge is 0.355 e. The van der Waals surface area contributed by atoms with Gasteiger partial charge in [0.1, 0.15) is 0 Å². The molecule has 1 aromatic carbocycles. The van der Waals surface area contributed by atoms with Crippen molar-refractivity contribution in [3.8, 4) is 0 Å². The van der Waals surface area contributed by atoms with Crippen molar-refractivity contribution in [2.45, 2.75) is 25.8 Å². The van der Waals surface area contributed by atoms with Crippen molar-refractivity contribution in [2.75, 3.05) is 12.4 Å². The lowest BCUT2D eigenvalue weighted by Gasteiger charge is -2.10. The maximum Gasteiger partial charge on any atom is 0.253 e. The van der Waals surface area contributed by atoms with Crippen LogP contribution in [-0.2, 0) is 4.79 Å². The minimum absolute atomic E-state index is 0.00932. The third kappa shape index (κ3) is 4.18. The van der Waals surface area contributed by atoms with E-state index in [4.69, 9.17) is 5.73 Å². The van der Waals surface area contributed by atoms with E-state index in [1.54, 1.807) is 31.3 Å². The molecule has 1 rings (SSSR count). The van der Waals surface area contributed by atoms with Gasteiger partial charge in [0, 0.05) is 19.5 Å². The van der Waals surface area contributed by atoms with Crippen molar-refractivity contribution in [1.29, 1.82) is 0 Å². The zero-order valence-corrected chi connectivity index (χ0v) is 10.7. The van der Waals surface area contributed by atoms with Gasteiger partial charge in [0.15, 0.2) is 0 Å². The van der Waals surface area contributed by atoms with Crippen molar-refractivity contribution < 1.29 is 9.59 Å². The van der Waals surface area contributed by atoms with Gasteiger partial charge in [-0.1, -0.05) is 12.1 Å². The molecule has 0 saturated carbocycles. The molecule has 98 valence electrons. The summed E-state index contributed by atoms with van der Waals surface area (Å²) < 4.78 is 0. The molecule has 5 nitrogen and oxygen atoms in total. The topological polar surface area (TPSA) is 84.2 Å². The second-order valence-corrected chi connectivity index (χ2v) is 4.19. The van der Waals surface area contributed by atoms with Gasteiger partial charge in [-0.15, -0.1) is 0 Å². The molecule has 0 saturated heterocycles. The van der Waals surface area contributed by atoms with Gasteiger partial charge < -0.3 is 16.4 Å². The van der Waals surface area contributed by atoms with E-state index in [9.17, 15) is 9.59 Å². The highest BCUT2D eigenvalue weighted by Crippen LogP contribution is 2.15. The van der Waals surface area contributed by atoms with Crippen LogP contribution in [0.1, 0.15) is 30.1 Å². The summed E-state index contributed by atoms with van der Waals surface area (Å²) in [5.41, 5.74) is 6.56. The molecule has 0 aliphatic heterocycles. The van der Waals surface area contributed by atoms with Crippen LogP contribution in [0.25, 0.3) is 0 Å². The number of nitrogens with two attached hydrogens (primary N) is 1. The maximum absolute atomic E-state index is 11.7. The minimum atomic E-state index is -0.224. The number of amides is 2. The minimum Gasteiger partial charge on any atom is -0.355 e. The summed E-state index contributed by atoms with van der Waals surface area (Å²) in [6.07, 6.45) is 0.966. The Bertz CT molecular complexity index is 430. The Balaban J connectivity index is 2.72. The predicted octanol–water partition coefficient (Wildman–Crippen LogP) is 1.11. The summed E-state index contributed by atoms with van der Waals surface area (Å²) >= 11 is 0. The first-order valence-electron chi connectivity index (χ1n) is 5.91. The highest BCUT2D eigenvalue weighted by atomic mass is 16.2. The van der Waals surface area contributed by atoms with Gasteiger partial charge in [-0.3, -0.25) is 9.59 Å². The van der Waals surface area contributed by atoms with E-state index in [0.717, 1.165) is 0 Å². The van der Waals surface area contributed by atoms with Crippen LogP contribution in [0.4, 0.5) is 5.69 Å². The number of benzene rings is 1. The molecule has 0 spiro atoms. The molecular formula is C13H19N3O2. The fraction of sp³-hybridized carbons (Fsp3) is 0.385. The number of anilines is 1. The van der Waals surface area contributed by atoms with Crippen molar-refractivity contribution in [3.63, 3.8) is 0 Å². The molecule has 2 amide bonds. The molecule has 0 heterocycles. The van der Waals surface area contributed by atoms with Crippen molar-refractivity contribution in [1.82, 2.24) is 5.32 Å². The van der Waals surface area contributed by atoms with Gasteiger partial charge >= 0.3 is 0 Å². The first-order valence-corrected chi connectivity index (χ1v) is 5.91. The van der Waals surface area contributed by atoms with Gasteiger partial charge in [-0.25, -0.2) is 0 Å².